The fraction of sp³-hybridized carbons (Fsp3) is 0.786. The first-order chi connectivity index (χ1) is 18.1. The van der Waals surface area contributed by atoms with Gasteiger partial charge in [-0.3, -0.25) is 4.79 Å². The van der Waals surface area contributed by atoms with Gasteiger partial charge in [0.15, 0.2) is 0 Å². The van der Waals surface area contributed by atoms with E-state index in [0.29, 0.717) is 25.1 Å². The highest BCUT2D eigenvalue weighted by Crippen LogP contribution is 2.37. The Balaban J connectivity index is 1.44. The number of rotatable bonds is 8. The highest BCUT2D eigenvalue weighted by molar-refractivity contribution is 6.61. The molecule has 3 fully saturated rings. The summed E-state index contributed by atoms with van der Waals surface area (Å²) < 4.78 is 17.7. The quantitative estimate of drug-likeness (QED) is 0.498. The van der Waals surface area contributed by atoms with Crippen LogP contribution in [0.5, 0.6) is 0 Å². The number of hydrogen-bond donors (Lipinski definition) is 1. The van der Waals surface area contributed by atoms with E-state index in [1.807, 2.05) is 67.2 Å². The first-order valence-electron chi connectivity index (χ1n) is 14.3. The molecule has 1 saturated carbocycles. The van der Waals surface area contributed by atoms with Gasteiger partial charge in [0, 0.05) is 43.0 Å². The van der Waals surface area contributed by atoms with Gasteiger partial charge in [0.25, 0.3) is 0 Å². The second kappa shape index (κ2) is 10.9. The minimum Gasteiger partial charge on any atom is -0.444 e. The predicted octanol–water partition coefficient (Wildman–Crippen LogP) is 3.28. The summed E-state index contributed by atoms with van der Waals surface area (Å²) in [5.74, 6) is 0.521. The van der Waals surface area contributed by atoms with Gasteiger partial charge in [-0.05, 0) is 80.1 Å². The number of anilines is 1. The lowest BCUT2D eigenvalue weighted by Gasteiger charge is -2.34. The largest absolute Gasteiger partial charge is 0.498 e. The molecule has 4 rings (SSSR count). The standard InChI is InChI=1S/C28H46BN5O5/c1-18(2)22(32-25(36)37-26(3,4)5)23(35)33-14-10-11-21(33)17-34(20-12-13-20)24-30-15-19(16-31-24)29-38-27(6,7)28(8,9)39-29/h15-16,18,20-22H,10-14,17H2,1-9H3,(H,32,36)/t21-,22+/m1/s1. The summed E-state index contributed by atoms with van der Waals surface area (Å²) >= 11 is 0. The van der Waals surface area contributed by atoms with Crippen LogP contribution in [0.15, 0.2) is 12.4 Å². The van der Waals surface area contributed by atoms with Crippen molar-refractivity contribution in [3.05, 3.63) is 12.4 Å². The van der Waals surface area contributed by atoms with E-state index in [1.54, 1.807) is 12.4 Å². The van der Waals surface area contributed by atoms with Gasteiger partial charge in [0.05, 0.1) is 11.2 Å². The third-order valence-corrected chi connectivity index (χ3v) is 8.10. The van der Waals surface area contributed by atoms with Crippen molar-refractivity contribution >= 4 is 30.5 Å². The molecule has 0 bridgehead atoms. The number of hydrogen-bond acceptors (Lipinski definition) is 8. The van der Waals surface area contributed by atoms with Crippen molar-refractivity contribution in [3.8, 4) is 0 Å². The zero-order valence-electron chi connectivity index (χ0n) is 25.1. The first-order valence-corrected chi connectivity index (χ1v) is 14.3. The zero-order chi connectivity index (χ0) is 28.8. The van der Waals surface area contributed by atoms with E-state index in [4.69, 9.17) is 24.0 Å². The van der Waals surface area contributed by atoms with Crippen LogP contribution in [0.1, 0.15) is 88.0 Å². The second-order valence-corrected chi connectivity index (χ2v) is 13.5. The number of carbonyl (C=O) groups is 2. The van der Waals surface area contributed by atoms with E-state index in [2.05, 4.69) is 10.2 Å². The Morgan fingerprint density at radius 1 is 1.13 bits per heavy atom. The van der Waals surface area contributed by atoms with Crippen LogP contribution in [0, 0.1) is 5.92 Å². The van der Waals surface area contributed by atoms with Crippen LogP contribution in [0.25, 0.3) is 0 Å². The van der Waals surface area contributed by atoms with Gasteiger partial charge in [-0.25, -0.2) is 14.8 Å². The van der Waals surface area contributed by atoms with E-state index < -0.39 is 36.1 Å². The molecule has 216 valence electrons. The van der Waals surface area contributed by atoms with Gasteiger partial charge in [0.1, 0.15) is 11.6 Å². The van der Waals surface area contributed by atoms with Crippen LogP contribution in [-0.2, 0) is 18.8 Å². The molecule has 3 aliphatic rings. The van der Waals surface area contributed by atoms with Crippen LogP contribution in [0.3, 0.4) is 0 Å². The minimum absolute atomic E-state index is 0.0196. The Morgan fingerprint density at radius 3 is 2.23 bits per heavy atom. The molecule has 1 aliphatic carbocycles. The number of likely N-dealkylation sites (tertiary alicyclic amines) is 1. The summed E-state index contributed by atoms with van der Waals surface area (Å²) in [5.41, 5.74) is -0.700. The average Bonchev–Trinajstić information content (AvgIpc) is 3.50. The van der Waals surface area contributed by atoms with Crippen LogP contribution in [0.2, 0.25) is 0 Å². The van der Waals surface area contributed by atoms with Gasteiger partial charge < -0.3 is 29.2 Å². The van der Waals surface area contributed by atoms with Crippen molar-refractivity contribution in [3.63, 3.8) is 0 Å². The number of ether oxygens (including phenoxy) is 1. The molecular weight excluding hydrogens is 497 g/mol. The average molecular weight is 544 g/mol. The van der Waals surface area contributed by atoms with Crippen molar-refractivity contribution in [1.82, 2.24) is 20.2 Å². The molecule has 2 aliphatic heterocycles. The highest BCUT2D eigenvalue weighted by Gasteiger charge is 2.52. The van der Waals surface area contributed by atoms with E-state index in [0.717, 1.165) is 31.1 Å². The summed E-state index contributed by atoms with van der Waals surface area (Å²) in [5, 5.41) is 2.82. The highest BCUT2D eigenvalue weighted by atomic mass is 16.7. The summed E-state index contributed by atoms with van der Waals surface area (Å²) in [7, 11) is -0.508. The number of nitrogens with zero attached hydrogens (tertiary/aromatic N) is 4. The van der Waals surface area contributed by atoms with Crippen LogP contribution in [0.4, 0.5) is 10.7 Å². The normalized spacial score (nSPS) is 23.2. The number of alkyl carbamates (subject to hydrolysis) is 1. The fourth-order valence-corrected chi connectivity index (χ4v) is 5.03. The van der Waals surface area contributed by atoms with Crippen LogP contribution in [-0.4, -0.2) is 82.0 Å². The molecular formula is C28H46BN5O5. The summed E-state index contributed by atoms with van der Waals surface area (Å²) in [6.45, 7) is 18.7. The van der Waals surface area contributed by atoms with Gasteiger partial charge in [-0.2, -0.15) is 0 Å². The maximum Gasteiger partial charge on any atom is 0.498 e. The Labute approximate surface area is 233 Å². The Hall–Kier alpha value is -2.40. The fourth-order valence-electron chi connectivity index (χ4n) is 5.03. The van der Waals surface area contributed by atoms with Crippen molar-refractivity contribution in [2.45, 2.75) is 123 Å². The topological polar surface area (TPSA) is 106 Å². The molecule has 0 radical (unpaired) electrons. The maximum absolute atomic E-state index is 13.7. The SMILES string of the molecule is CC(C)[C@H](NC(=O)OC(C)(C)C)C(=O)N1CCC[C@@H]1CN(c1ncc(B2OC(C)(C)C(C)(C)O2)cn1)C1CC1. The molecule has 1 N–H and O–H groups in total. The lowest BCUT2D eigenvalue weighted by molar-refractivity contribution is -0.135. The van der Waals surface area contributed by atoms with Crippen molar-refractivity contribution in [2.75, 3.05) is 18.0 Å². The third-order valence-electron chi connectivity index (χ3n) is 8.10. The molecule has 10 nitrogen and oxygen atoms in total. The molecule has 1 aromatic rings. The van der Waals surface area contributed by atoms with E-state index in [1.165, 1.54) is 0 Å². The number of amides is 2. The molecule has 1 aromatic heterocycles. The summed E-state index contributed by atoms with van der Waals surface area (Å²) in [4.78, 5) is 39.7. The van der Waals surface area contributed by atoms with Crippen molar-refractivity contribution < 1.29 is 23.6 Å². The molecule has 2 amide bonds. The van der Waals surface area contributed by atoms with Crippen molar-refractivity contribution in [1.29, 1.82) is 0 Å². The van der Waals surface area contributed by atoms with Gasteiger partial charge in [-0.15, -0.1) is 0 Å². The minimum atomic E-state index is -0.648. The molecule has 0 spiro atoms. The second-order valence-electron chi connectivity index (χ2n) is 13.5. The number of carbonyl (C=O) groups excluding carboxylic acids is 2. The Morgan fingerprint density at radius 2 is 1.72 bits per heavy atom. The van der Waals surface area contributed by atoms with Gasteiger partial charge >= 0.3 is 13.2 Å². The van der Waals surface area contributed by atoms with Crippen molar-refractivity contribution in [2.24, 2.45) is 5.92 Å². The maximum atomic E-state index is 13.7. The van der Waals surface area contributed by atoms with Gasteiger partial charge in [-0.1, -0.05) is 13.8 Å². The molecule has 39 heavy (non-hydrogen) atoms. The summed E-state index contributed by atoms with van der Waals surface area (Å²) in [6.07, 6.45) is 7.00. The monoisotopic (exact) mass is 543 g/mol. The molecule has 3 heterocycles. The van der Waals surface area contributed by atoms with E-state index >= 15 is 0 Å². The molecule has 11 heteroatoms. The molecule has 2 atom stereocenters. The zero-order valence-corrected chi connectivity index (χ0v) is 25.1. The third kappa shape index (κ3) is 6.85. The predicted molar refractivity (Wildman–Crippen MR) is 151 cm³/mol. The van der Waals surface area contributed by atoms with Crippen LogP contribution >= 0.6 is 0 Å². The number of nitrogens with one attached hydrogen (secondary N) is 1. The lowest BCUT2D eigenvalue weighted by atomic mass is 9.81. The summed E-state index contributed by atoms with van der Waals surface area (Å²) in [6, 6.07) is -0.262. The molecule has 2 saturated heterocycles. The Bertz CT molecular complexity index is 1020. The van der Waals surface area contributed by atoms with E-state index in [-0.39, 0.29) is 17.9 Å². The lowest BCUT2D eigenvalue weighted by Crippen LogP contribution is -2.55. The van der Waals surface area contributed by atoms with E-state index in [9.17, 15) is 9.59 Å². The first kappa shape index (κ1) is 29.6. The Kier molecular flexibility index (Phi) is 8.25. The molecule has 0 aromatic carbocycles. The molecule has 0 unspecified atom stereocenters. The smallest absolute Gasteiger partial charge is 0.444 e. The van der Waals surface area contributed by atoms with Gasteiger partial charge in [0.2, 0.25) is 11.9 Å². The number of aromatic nitrogens is 2. The van der Waals surface area contributed by atoms with Crippen LogP contribution < -0.4 is 15.7 Å².